The number of benzene rings is 1. The molecular formula is C14H10ClN3O3. The Hall–Kier alpha value is -2.47. The van der Waals surface area contributed by atoms with Crippen molar-refractivity contribution in [3.8, 4) is 0 Å². The monoisotopic (exact) mass is 303 g/mol. The van der Waals surface area contributed by atoms with Crippen LogP contribution < -0.4 is 4.90 Å². The lowest BCUT2D eigenvalue weighted by molar-refractivity contribution is -0.385. The zero-order valence-electron chi connectivity index (χ0n) is 10.8. The fraction of sp³-hybridized carbons (Fsp3) is 0.143. The number of amides is 1. The number of fused-ring (bicyclic) bond motifs is 1. The largest absolute Gasteiger partial charge is 0.319 e. The summed E-state index contributed by atoms with van der Waals surface area (Å²) in [6, 6.07) is 8.83. The molecule has 0 saturated heterocycles. The average Bonchev–Trinajstić information content (AvgIpc) is 2.89. The van der Waals surface area contributed by atoms with E-state index in [9.17, 15) is 14.9 Å². The summed E-state index contributed by atoms with van der Waals surface area (Å²) in [5.41, 5.74) is 1.34. The fourth-order valence-electron chi connectivity index (χ4n) is 2.47. The van der Waals surface area contributed by atoms with Gasteiger partial charge in [-0.25, -0.2) is 4.98 Å². The molecule has 2 aromatic rings. The lowest BCUT2D eigenvalue weighted by Crippen LogP contribution is -2.29. The van der Waals surface area contributed by atoms with Gasteiger partial charge in [-0.05, 0) is 24.1 Å². The quantitative estimate of drug-likeness (QED) is 0.485. The predicted molar refractivity (Wildman–Crippen MR) is 77.7 cm³/mol. The molecule has 0 spiro atoms. The van der Waals surface area contributed by atoms with Gasteiger partial charge in [0.05, 0.1) is 4.92 Å². The number of anilines is 1. The average molecular weight is 304 g/mol. The van der Waals surface area contributed by atoms with E-state index in [0.29, 0.717) is 6.54 Å². The molecule has 7 heteroatoms. The summed E-state index contributed by atoms with van der Waals surface area (Å²) in [5, 5.41) is 10.8. The van der Waals surface area contributed by atoms with Gasteiger partial charge in [-0.1, -0.05) is 29.8 Å². The number of para-hydroxylation sites is 1. The molecule has 6 nitrogen and oxygen atoms in total. The van der Waals surface area contributed by atoms with Crippen molar-refractivity contribution in [3.63, 3.8) is 0 Å². The molecule has 106 valence electrons. The zero-order valence-corrected chi connectivity index (χ0v) is 11.6. The molecule has 21 heavy (non-hydrogen) atoms. The van der Waals surface area contributed by atoms with E-state index in [-0.39, 0.29) is 10.7 Å². The number of hydrogen-bond donors (Lipinski definition) is 0. The molecule has 0 saturated carbocycles. The first-order valence-electron chi connectivity index (χ1n) is 6.28. The summed E-state index contributed by atoms with van der Waals surface area (Å²) in [4.78, 5) is 28.3. The number of aromatic nitrogens is 1. The van der Waals surface area contributed by atoms with Crippen molar-refractivity contribution in [2.24, 2.45) is 0 Å². The van der Waals surface area contributed by atoms with Crippen LogP contribution in [0.5, 0.6) is 0 Å². The van der Waals surface area contributed by atoms with E-state index in [4.69, 9.17) is 11.6 Å². The number of rotatable bonds is 2. The maximum Gasteiger partial charge on any atom is 0.319 e. The van der Waals surface area contributed by atoms with Crippen LogP contribution in [-0.4, -0.2) is 22.4 Å². The maximum absolute atomic E-state index is 12.6. The van der Waals surface area contributed by atoms with Crippen LogP contribution in [0.2, 0.25) is 5.15 Å². The maximum atomic E-state index is 12.6. The highest BCUT2D eigenvalue weighted by Crippen LogP contribution is 2.32. The molecule has 0 bridgehead atoms. The molecular weight excluding hydrogens is 294 g/mol. The summed E-state index contributed by atoms with van der Waals surface area (Å²) >= 11 is 5.75. The molecule has 0 atom stereocenters. The zero-order chi connectivity index (χ0) is 15.0. The summed E-state index contributed by atoms with van der Waals surface area (Å²) < 4.78 is 0. The van der Waals surface area contributed by atoms with Gasteiger partial charge in [0.25, 0.3) is 5.91 Å². The minimum Gasteiger partial charge on any atom is -0.308 e. The van der Waals surface area contributed by atoms with Crippen molar-refractivity contribution in [2.75, 3.05) is 11.4 Å². The van der Waals surface area contributed by atoms with Crippen molar-refractivity contribution >= 4 is 28.9 Å². The van der Waals surface area contributed by atoms with Crippen LogP contribution in [-0.2, 0) is 6.42 Å². The second-order valence-corrected chi connectivity index (χ2v) is 4.95. The predicted octanol–water partition coefficient (Wildman–Crippen LogP) is 2.85. The Morgan fingerprint density at radius 1 is 1.33 bits per heavy atom. The Morgan fingerprint density at radius 3 is 2.86 bits per heavy atom. The summed E-state index contributed by atoms with van der Waals surface area (Å²) in [5.74, 6) is -0.434. The first kappa shape index (κ1) is 13.5. The second-order valence-electron chi connectivity index (χ2n) is 4.59. The Bertz CT molecular complexity index is 748. The first-order valence-corrected chi connectivity index (χ1v) is 6.66. The van der Waals surface area contributed by atoms with Crippen LogP contribution in [0.3, 0.4) is 0 Å². The summed E-state index contributed by atoms with van der Waals surface area (Å²) in [6.45, 7) is 0.495. The van der Waals surface area contributed by atoms with Gasteiger partial charge >= 0.3 is 5.69 Å². The normalized spacial score (nSPS) is 13.1. The van der Waals surface area contributed by atoms with Crippen molar-refractivity contribution in [3.05, 3.63) is 62.9 Å². The van der Waals surface area contributed by atoms with Gasteiger partial charge in [0, 0.05) is 18.4 Å². The molecule has 1 aromatic carbocycles. The molecule has 2 heterocycles. The molecule has 1 aromatic heterocycles. The van der Waals surface area contributed by atoms with Gasteiger partial charge < -0.3 is 4.90 Å². The minimum absolute atomic E-state index is 0.0447. The lowest BCUT2D eigenvalue weighted by atomic mass is 10.1. The summed E-state index contributed by atoms with van der Waals surface area (Å²) in [6.07, 6.45) is 2.03. The number of nitrogens with zero attached hydrogens (tertiary/aromatic N) is 3. The highest BCUT2D eigenvalue weighted by Gasteiger charge is 2.31. The van der Waals surface area contributed by atoms with Crippen LogP contribution in [0.4, 0.5) is 11.4 Å². The third kappa shape index (κ3) is 2.23. The molecule has 3 rings (SSSR count). The van der Waals surface area contributed by atoms with E-state index in [1.54, 1.807) is 0 Å². The van der Waals surface area contributed by atoms with Crippen LogP contribution in [0.1, 0.15) is 15.9 Å². The van der Waals surface area contributed by atoms with E-state index < -0.39 is 16.5 Å². The Labute approximate surface area is 125 Å². The topological polar surface area (TPSA) is 76.3 Å². The standard InChI is InChI=1S/C14H10ClN3O3/c15-13-12(18(20)21)10(5-7-16-13)14(19)17-8-6-9-3-1-2-4-11(9)17/h1-5,7H,6,8H2. The Balaban J connectivity index is 2.05. The van der Waals surface area contributed by atoms with Gasteiger partial charge in [0.15, 0.2) is 0 Å². The minimum atomic E-state index is -0.676. The molecule has 0 N–H and O–H groups in total. The van der Waals surface area contributed by atoms with Crippen molar-refractivity contribution < 1.29 is 9.72 Å². The van der Waals surface area contributed by atoms with Gasteiger partial charge in [0.2, 0.25) is 5.15 Å². The van der Waals surface area contributed by atoms with Gasteiger partial charge in [-0.3, -0.25) is 14.9 Å². The van der Waals surface area contributed by atoms with Crippen LogP contribution in [0.25, 0.3) is 0 Å². The third-order valence-corrected chi connectivity index (χ3v) is 3.70. The highest BCUT2D eigenvalue weighted by atomic mass is 35.5. The number of carbonyl (C=O) groups excluding carboxylic acids is 1. The highest BCUT2D eigenvalue weighted by molar-refractivity contribution is 6.32. The fourth-order valence-corrected chi connectivity index (χ4v) is 2.70. The second kappa shape index (κ2) is 5.14. The number of halogens is 1. The van der Waals surface area contributed by atoms with E-state index in [2.05, 4.69) is 4.98 Å². The van der Waals surface area contributed by atoms with E-state index in [1.165, 1.54) is 17.2 Å². The number of pyridine rings is 1. The third-order valence-electron chi connectivity index (χ3n) is 3.42. The van der Waals surface area contributed by atoms with Gasteiger partial charge in [0.1, 0.15) is 5.56 Å². The molecule has 0 unspecified atom stereocenters. The van der Waals surface area contributed by atoms with Crippen molar-refractivity contribution in [2.45, 2.75) is 6.42 Å². The number of nitro groups is 1. The van der Waals surface area contributed by atoms with E-state index in [0.717, 1.165) is 17.7 Å². The van der Waals surface area contributed by atoms with Gasteiger partial charge in [-0.2, -0.15) is 0 Å². The molecule has 1 aliphatic heterocycles. The van der Waals surface area contributed by atoms with Crippen molar-refractivity contribution in [1.29, 1.82) is 0 Å². The number of carbonyl (C=O) groups is 1. The summed E-state index contributed by atoms with van der Waals surface area (Å²) in [7, 11) is 0. The van der Waals surface area contributed by atoms with E-state index >= 15 is 0 Å². The van der Waals surface area contributed by atoms with Crippen LogP contribution in [0.15, 0.2) is 36.5 Å². The smallest absolute Gasteiger partial charge is 0.308 e. The SMILES string of the molecule is O=C(c1ccnc(Cl)c1[N+](=O)[O-])N1CCc2ccccc21. The Morgan fingerprint density at radius 2 is 2.10 bits per heavy atom. The lowest BCUT2D eigenvalue weighted by Gasteiger charge is -2.17. The van der Waals surface area contributed by atoms with E-state index in [1.807, 2.05) is 24.3 Å². The molecule has 0 aliphatic carbocycles. The molecule has 1 amide bonds. The van der Waals surface area contributed by atoms with Crippen LogP contribution in [0, 0.1) is 10.1 Å². The van der Waals surface area contributed by atoms with Crippen LogP contribution >= 0.6 is 11.6 Å². The molecule has 1 aliphatic rings. The molecule has 0 radical (unpaired) electrons. The first-order chi connectivity index (χ1) is 10.1. The Kier molecular flexibility index (Phi) is 3.31. The van der Waals surface area contributed by atoms with Gasteiger partial charge in [-0.15, -0.1) is 0 Å². The molecule has 0 fully saturated rings. The number of hydrogen-bond acceptors (Lipinski definition) is 4. The van der Waals surface area contributed by atoms with Crippen molar-refractivity contribution in [1.82, 2.24) is 4.98 Å².